The van der Waals surface area contributed by atoms with Crippen molar-refractivity contribution in [1.82, 2.24) is 5.32 Å². The number of hydrogen-bond acceptors (Lipinski definition) is 2. The molecule has 112 valence electrons. The Morgan fingerprint density at radius 3 is 2.70 bits per heavy atom. The Bertz CT molecular complexity index is 469. The van der Waals surface area contributed by atoms with E-state index in [0.29, 0.717) is 6.04 Å². The van der Waals surface area contributed by atoms with Crippen molar-refractivity contribution in [3.8, 4) is 5.75 Å². The molecule has 0 bridgehead atoms. The molecule has 2 unspecified atom stereocenters. The first kappa shape index (κ1) is 15.4. The number of rotatable bonds is 5. The molecule has 0 amide bonds. The maximum absolute atomic E-state index is 6.38. The standard InChI is InChI=1S/C18H29NO/c1-6-8-11-19-16-12-18(5,7-2)20-17-14(4)13(3)9-10-15(16)17/h9-10,16,19H,6-8,11-12H2,1-5H3. The van der Waals surface area contributed by atoms with Gasteiger partial charge in [0, 0.05) is 18.0 Å². The summed E-state index contributed by atoms with van der Waals surface area (Å²) in [7, 11) is 0. The molecule has 1 aliphatic rings. The van der Waals surface area contributed by atoms with E-state index in [9.17, 15) is 0 Å². The normalized spacial score (nSPS) is 25.1. The van der Waals surface area contributed by atoms with E-state index in [1.54, 1.807) is 0 Å². The Kier molecular flexibility index (Phi) is 4.74. The average Bonchev–Trinajstić information content (AvgIpc) is 2.44. The summed E-state index contributed by atoms with van der Waals surface area (Å²) in [5.41, 5.74) is 3.91. The molecule has 0 aromatic heterocycles. The van der Waals surface area contributed by atoms with Gasteiger partial charge in [0.2, 0.25) is 0 Å². The first-order chi connectivity index (χ1) is 9.50. The Balaban J connectivity index is 2.32. The number of benzene rings is 1. The van der Waals surface area contributed by atoms with Crippen LogP contribution in [0.1, 0.15) is 69.2 Å². The van der Waals surface area contributed by atoms with E-state index in [1.165, 1.54) is 29.5 Å². The van der Waals surface area contributed by atoms with Gasteiger partial charge in [0.1, 0.15) is 11.4 Å². The predicted octanol–water partition coefficient (Wildman–Crippen LogP) is 4.69. The fourth-order valence-corrected chi connectivity index (χ4v) is 2.90. The molecule has 1 heterocycles. The molecule has 2 heteroatoms. The van der Waals surface area contributed by atoms with Crippen LogP contribution >= 0.6 is 0 Å². The molecule has 2 nitrogen and oxygen atoms in total. The van der Waals surface area contributed by atoms with E-state index >= 15 is 0 Å². The van der Waals surface area contributed by atoms with E-state index in [4.69, 9.17) is 4.74 Å². The number of ether oxygens (including phenoxy) is 1. The lowest BCUT2D eigenvalue weighted by Gasteiger charge is -2.41. The Morgan fingerprint density at radius 1 is 1.30 bits per heavy atom. The molecular formula is C18H29NO. The Labute approximate surface area is 123 Å². The van der Waals surface area contributed by atoms with Crippen LogP contribution in [0.5, 0.6) is 5.75 Å². The number of hydrogen-bond donors (Lipinski definition) is 1. The molecule has 0 aliphatic carbocycles. The zero-order valence-corrected chi connectivity index (χ0v) is 13.7. The molecular weight excluding hydrogens is 246 g/mol. The van der Waals surface area contributed by atoms with Crippen molar-refractivity contribution in [2.24, 2.45) is 0 Å². The van der Waals surface area contributed by atoms with Crippen LogP contribution in [0.4, 0.5) is 0 Å². The fourth-order valence-electron chi connectivity index (χ4n) is 2.90. The fraction of sp³-hybridized carbons (Fsp3) is 0.667. The van der Waals surface area contributed by atoms with Crippen LogP contribution in [-0.4, -0.2) is 12.1 Å². The van der Waals surface area contributed by atoms with Crippen LogP contribution in [0.3, 0.4) is 0 Å². The topological polar surface area (TPSA) is 21.3 Å². The molecule has 2 atom stereocenters. The van der Waals surface area contributed by atoms with Gasteiger partial charge < -0.3 is 10.1 Å². The molecule has 0 fully saturated rings. The summed E-state index contributed by atoms with van der Waals surface area (Å²) in [5.74, 6) is 1.12. The zero-order chi connectivity index (χ0) is 14.8. The summed E-state index contributed by atoms with van der Waals surface area (Å²) in [6.07, 6.45) is 4.58. The summed E-state index contributed by atoms with van der Waals surface area (Å²) in [4.78, 5) is 0. The highest BCUT2D eigenvalue weighted by Gasteiger charge is 2.36. The van der Waals surface area contributed by atoms with Gasteiger partial charge in [-0.2, -0.15) is 0 Å². The van der Waals surface area contributed by atoms with Crippen LogP contribution < -0.4 is 10.1 Å². The summed E-state index contributed by atoms with van der Waals surface area (Å²) in [6.45, 7) is 12.1. The highest BCUT2D eigenvalue weighted by Crippen LogP contribution is 2.43. The van der Waals surface area contributed by atoms with Gasteiger partial charge in [-0.1, -0.05) is 32.4 Å². The predicted molar refractivity (Wildman–Crippen MR) is 85.5 cm³/mol. The lowest BCUT2D eigenvalue weighted by Crippen LogP contribution is -2.42. The molecule has 1 aromatic carbocycles. The van der Waals surface area contributed by atoms with Crippen molar-refractivity contribution in [1.29, 1.82) is 0 Å². The van der Waals surface area contributed by atoms with Crippen LogP contribution in [-0.2, 0) is 0 Å². The van der Waals surface area contributed by atoms with Crippen molar-refractivity contribution in [3.05, 3.63) is 28.8 Å². The zero-order valence-electron chi connectivity index (χ0n) is 13.7. The van der Waals surface area contributed by atoms with Gasteiger partial charge in [0.15, 0.2) is 0 Å². The average molecular weight is 275 g/mol. The second kappa shape index (κ2) is 6.17. The van der Waals surface area contributed by atoms with Crippen LogP contribution in [0.2, 0.25) is 0 Å². The molecule has 2 rings (SSSR count). The second-order valence-corrected chi connectivity index (χ2v) is 6.40. The largest absolute Gasteiger partial charge is 0.487 e. The monoisotopic (exact) mass is 275 g/mol. The van der Waals surface area contributed by atoms with E-state index in [1.807, 2.05) is 0 Å². The Hall–Kier alpha value is -1.02. The van der Waals surface area contributed by atoms with Gasteiger partial charge in [-0.3, -0.25) is 0 Å². The van der Waals surface area contributed by atoms with E-state index in [0.717, 1.165) is 25.1 Å². The highest BCUT2D eigenvalue weighted by molar-refractivity contribution is 5.48. The maximum atomic E-state index is 6.38. The number of fused-ring (bicyclic) bond motifs is 1. The van der Waals surface area contributed by atoms with Crippen molar-refractivity contribution in [2.45, 2.75) is 71.9 Å². The number of aryl methyl sites for hydroxylation is 1. The molecule has 20 heavy (non-hydrogen) atoms. The van der Waals surface area contributed by atoms with Gasteiger partial charge in [-0.25, -0.2) is 0 Å². The highest BCUT2D eigenvalue weighted by atomic mass is 16.5. The minimum atomic E-state index is -0.0462. The molecule has 1 aromatic rings. The third kappa shape index (κ3) is 3.01. The number of nitrogens with one attached hydrogen (secondary N) is 1. The minimum absolute atomic E-state index is 0.0462. The molecule has 0 spiro atoms. The van der Waals surface area contributed by atoms with Crippen LogP contribution in [0.15, 0.2) is 12.1 Å². The van der Waals surface area contributed by atoms with Crippen molar-refractivity contribution in [2.75, 3.05) is 6.54 Å². The lowest BCUT2D eigenvalue weighted by molar-refractivity contribution is 0.0433. The SMILES string of the molecule is CCCCNC1CC(C)(CC)Oc2c1ccc(C)c2C. The van der Waals surface area contributed by atoms with Gasteiger partial charge in [0.25, 0.3) is 0 Å². The van der Waals surface area contributed by atoms with Gasteiger partial charge >= 0.3 is 0 Å². The van der Waals surface area contributed by atoms with Crippen molar-refractivity contribution in [3.63, 3.8) is 0 Å². The molecule has 0 saturated heterocycles. The van der Waals surface area contributed by atoms with E-state index in [2.05, 4.69) is 52.1 Å². The molecule has 1 N–H and O–H groups in total. The van der Waals surface area contributed by atoms with E-state index in [-0.39, 0.29) is 5.60 Å². The summed E-state index contributed by atoms with van der Waals surface area (Å²) in [5, 5.41) is 3.73. The summed E-state index contributed by atoms with van der Waals surface area (Å²) in [6, 6.07) is 4.89. The summed E-state index contributed by atoms with van der Waals surface area (Å²) < 4.78 is 6.38. The quantitative estimate of drug-likeness (QED) is 0.787. The van der Waals surface area contributed by atoms with Gasteiger partial charge in [-0.15, -0.1) is 0 Å². The van der Waals surface area contributed by atoms with E-state index < -0.39 is 0 Å². The molecule has 0 saturated carbocycles. The second-order valence-electron chi connectivity index (χ2n) is 6.40. The lowest BCUT2D eigenvalue weighted by atomic mass is 9.85. The third-order valence-corrected chi connectivity index (χ3v) is 4.74. The minimum Gasteiger partial charge on any atom is -0.487 e. The van der Waals surface area contributed by atoms with Crippen molar-refractivity contribution < 1.29 is 4.74 Å². The van der Waals surface area contributed by atoms with Crippen LogP contribution in [0, 0.1) is 13.8 Å². The molecule has 1 aliphatic heterocycles. The first-order valence-corrected chi connectivity index (χ1v) is 8.03. The van der Waals surface area contributed by atoms with Crippen molar-refractivity contribution >= 4 is 0 Å². The Morgan fingerprint density at radius 2 is 2.05 bits per heavy atom. The summed E-state index contributed by atoms with van der Waals surface area (Å²) >= 11 is 0. The smallest absolute Gasteiger partial charge is 0.128 e. The molecule has 0 radical (unpaired) electrons. The van der Waals surface area contributed by atoms with Gasteiger partial charge in [-0.05, 0) is 51.3 Å². The van der Waals surface area contributed by atoms with Crippen LogP contribution in [0.25, 0.3) is 0 Å². The number of unbranched alkanes of at least 4 members (excludes halogenated alkanes) is 1. The first-order valence-electron chi connectivity index (χ1n) is 8.03. The third-order valence-electron chi connectivity index (χ3n) is 4.74. The maximum Gasteiger partial charge on any atom is 0.128 e. The van der Waals surface area contributed by atoms with Gasteiger partial charge in [0.05, 0.1) is 0 Å².